The Bertz CT molecular complexity index is 3400. The van der Waals surface area contributed by atoms with Crippen LogP contribution in [0.15, 0.2) is 205 Å². The van der Waals surface area contributed by atoms with Crippen molar-refractivity contribution in [1.82, 2.24) is 4.57 Å². The number of furan rings is 1. The van der Waals surface area contributed by atoms with Gasteiger partial charge < -0.3 is 8.98 Å². The van der Waals surface area contributed by atoms with E-state index in [4.69, 9.17) is 4.42 Å². The van der Waals surface area contributed by atoms with E-state index >= 15 is 0 Å². The van der Waals surface area contributed by atoms with Crippen molar-refractivity contribution in [2.45, 2.75) is 0 Å². The van der Waals surface area contributed by atoms with Crippen LogP contribution in [0.1, 0.15) is 0 Å². The third-order valence-electron chi connectivity index (χ3n) is 11.6. The van der Waals surface area contributed by atoms with Gasteiger partial charge in [-0.3, -0.25) is 0 Å². The van der Waals surface area contributed by atoms with Crippen LogP contribution >= 0.6 is 11.3 Å². The van der Waals surface area contributed by atoms with Gasteiger partial charge in [-0.25, -0.2) is 0 Å². The number of thiophene rings is 1. The minimum absolute atomic E-state index is 0.907. The van der Waals surface area contributed by atoms with Gasteiger partial charge in [0.05, 0.1) is 21.4 Å². The molecule has 0 saturated heterocycles. The first kappa shape index (κ1) is 32.1. The van der Waals surface area contributed by atoms with Crippen molar-refractivity contribution in [3.05, 3.63) is 200 Å². The molecular weight excluding hydrogens is 711 g/mol. The van der Waals surface area contributed by atoms with Gasteiger partial charge >= 0.3 is 0 Å². The molecule has 0 bridgehead atoms. The summed E-state index contributed by atoms with van der Waals surface area (Å²) in [7, 11) is 0. The van der Waals surface area contributed by atoms with Gasteiger partial charge in [0.2, 0.25) is 0 Å². The fourth-order valence-electron chi connectivity index (χ4n) is 8.95. The van der Waals surface area contributed by atoms with Crippen molar-refractivity contribution in [1.29, 1.82) is 0 Å². The minimum Gasteiger partial charge on any atom is -0.456 e. The van der Waals surface area contributed by atoms with Crippen LogP contribution in [0.3, 0.4) is 0 Å². The van der Waals surface area contributed by atoms with Gasteiger partial charge in [0.25, 0.3) is 0 Å². The van der Waals surface area contributed by atoms with Gasteiger partial charge in [-0.15, -0.1) is 11.3 Å². The van der Waals surface area contributed by atoms with Crippen LogP contribution in [-0.4, -0.2) is 4.57 Å². The van der Waals surface area contributed by atoms with E-state index in [-0.39, 0.29) is 0 Å². The molecule has 0 atom stereocenters. The lowest BCUT2D eigenvalue weighted by Gasteiger charge is -2.11. The second-order valence-corrected chi connectivity index (χ2v) is 15.8. The van der Waals surface area contributed by atoms with Gasteiger partial charge in [0.1, 0.15) is 11.2 Å². The Morgan fingerprint density at radius 2 is 0.895 bits per heavy atom. The summed E-state index contributed by atoms with van der Waals surface area (Å²) in [5.74, 6) is 0. The molecule has 266 valence electrons. The van der Waals surface area contributed by atoms with Gasteiger partial charge in [0.15, 0.2) is 0 Å². The molecule has 0 radical (unpaired) electrons. The minimum atomic E-state index is 0.907. The summed E-state index contributed by atoms with van der Waals surface area (Å²) in [4.78, 5) is 0. The number of nitrogens with zero attached hydrogens (tertiary/aromatic N) is 1. The highest BCUT2D eigenvalue weighted by atomic mass is 32.1. The van der Waals surface area contributed by atoms with E-state index in [1.54, 1.807) is 0 Å². The number of fused-ring (bicyclic) bond motifs is 9. The molecular formula is C54H33NOS. The molecule has 0 aliphatic carbocycles. The maximum Gasteiger partial charge on any atom is 0.136 e. The van der Waals surface area contributed by atoms with Crippen molar-refractivity contribution in [3.8, 4) is 50.2 Å². The average molecular weight is 744 g/mol. The zero-order chi connectivity index (χ0) is 37.5. The summed E-state index contributed by atoms with van der Waals surface area (Å²) in [5, 5.41) is 7.29. The maximum atomic E-state index is 6.41. The first-order valence-electron chi connectivity index (χ1n) is 19.4. The van der Waals surface area contributed by atoms with Gasteiger partial charge in [-0.05, 0) is 93.0 Å². The number of para-hydroxylation sites is 1. The SMILES string of the molecule is c1ccc(-c2ccc3c(c2)c2cc(-c4ccccc4)ccc2n3-c2cccc3c2sc2c(-c4ccccc4)ccc(-c4ccc5c(c4)oc4ccccc45)c23)cc1. The Labute approximate surface area is 333 Å². The van der Waals surface area contributed by atoms with Crippen molar-refractivity contribution in [2.75, 3.05) is 0 Å². The van der Waals surface area contributed by atoms with Crippen molar-refractivity contribution in [3.63, 3.8) is 0 Å². The smallest absolute Gasteiger partial charge is 0.136 e. The van der Waals surface area contributed by atoms with E-state index in [2.05, 4.69) is 199 Å². The van der Waals surface area contributed by atoms with Crippen molar-refractivity contribution >= 4 is 75.3 Å². The predicted octanol–water partition coefficient (Wildman–Crippen LogP) is 15.7. The zero-order valence-electron chi connectivity index (χ0n) is 30.8. The fraction of sp³-hybridized carbons (Fsp3) is 0. The lowest BCUT2D eigenvalue weighted by atomic mass is 9.94. The van der Waals surface area contributed by atoms with Crippen LogP contribution in [0.5, 0.6) is 0 Å². The number of benzene rings is 9. The second-order valence-electron chi connectivity index (χ2n) is 14.8. The molecule has 0 unspecified atom stereocenters. The van der Waals surface area contributed by atoms with E-state index in [0.717, 1.165) is 27.5 Å². The van der Waals surface area contributed by atoms with Crippen molar-refractivity contribution in [2.24, 2.45) is 0 Å². The molecule has 12 aromatic rings. The Morgan fingerprint density at radius 1 is 0.333 bits per heavy atom. The Morgan fingerprint density at radius 3 is 1.58 bits per heavy atom. The third kappa shape index (κ3) is 5.03. The molecule has 3 aromatic heterocycles. The molecule has 0 N–H and O–H groups in total. The third-order valence-corrected chi connectivity index (χ3v) is 12.9. The summed E-state index contributed by atoms with van der Waals surface area (Å²) in [5.41, 5.74) is 15.1. The van der Waals surface area contributed by atoms with Crippen LogP contribution < -0.4 is 0 Å². The molecule has 2 nitrogen and oxygen atoms in total. The Hall–Kier alpha value is -7.20. The van der Waals surface area contributed by atoms with E-state index < -0.39 is 0 Å². The maximum absolute atomic E-state index is 6.41. The first-order chi connectivity index (χ1) is 28.3. The van der Waals surface area contributed by atoms with Crippen LogP contribution in [0.2, 0.25) is 0 Å². The lowest BCUT2D eigenvalue weighted by molar-refractivity contribution is 0.669. The van der Waals surface area contributed by atoms with E-state index in [1.807, 2.05) is 17.4 Å². The summed E-state index contributed by atoms with van der Waals surface area (Å²) in [6, 6.07) is 72.6. The highest BCUT2D eigenvalue weighted by Gasteiger charge is 2.21. The normalized spacial score (nSPS) is 11.9. The second kappa shape index (κ2) is 12.7. The summed E-state index contributed by atoms with van der Waals surface area (Å²) < 4.78 is 11.5. The molecule has 0 spiro atoms. The monoisotopic (exact) mass is 743 g/mol. The molecule has 12 rings (SSSR count). The molecule has 9 aromatic carbocycles. The summed E-state index contributed by atoms with van der Waals surface area (Å²) in [6.07, 6.45) is 0. The van der Waals surface area contributed by atoms with E-state index in [1.165, 1.54) is 86.6 Å². The van der Waals surface area contributed by atoms with Gasteiger partial charge in [0, 0.05) is 37.0 Å². The molecule has 0 fully saturated rings. The number of hydrogen-bond donors (Lipinski definition) is 0. The van der Waals surface area contributed by atoms with Crippen LogP contribution in [0, 0.1) is 0 Å². The van der Waals surface area contributed by atoms with Crippen molar-refractivity contribution < 1.29 is 4.42 Å². The summed E-state index contributed by atoms with van der Waals surface area (Å²) >= 11 is 1.90. The number of hydrogen-bond acceptors (Lipinski definition) is 2. The Balaban J connectivity index is 1.14. The molecule has 3 heterocycles. The molecule has 0 aliphatic heterocycles. The van der Waals surface area contributed by atoms with Gasteiger partial charge in [-0.2, -0.15) is 0 Å². The fourth-order valence-corrected chi connectivity index (χ4v) is 10.3. The molecule has 0 saturated carbocycles. The molecule has 0 aliphatic rings. The average Bonchev–Trinajstić information content (AvgIpc) is 3.96. The Kier molecular flexibility index (Phi) is 7.13. The number of rotatable bonds is 5. The summed E-state index contributed by atoms with van der Waals surface area (Å²) in [6.45, 7) is 0. The van der Waals surface area contributed by atoms with E-state index in [9.17, 15) is 0 Å². The number of aromatic nitrogens is 1. The first-order valence-corrected chi connectivity index (χ1v) is 20.2. The van der Waals surface area contributed by atoms with Crippen LogP contribution in [-0.2, 0) is 0 Å². The molecule has 0 amide bonds. The van der Waals surface area contributed by atoms with Crippen LogP contribution in [0.4, 0.5) is 0 Å². The lowest BCUT2D eigenvalue weighted by Crippen LogP contribution is -1.94. The predicted molar refractivity (Wildman–Crippen MR) is 243 cm³/mol. The van der Waals surface area contributed by atoms with Crippen LogP contribution in [0.25, 0.3) is 114 Å². The molecule has 57 heavy (non-hydrogen) atoms. The largest absolute Gasteiger partial charge is 0.456 e. The van der Waals surface area contributed by atoms with Gasteiger partial charge in [-0.1, -0.05) is 152 Å². The highest BCUT2D eigenvalue weighted by molar-refractivity contribution is 7.27. The van der Waals surface area contributed by atoms with E-state index in [0.29, 0.717) is 0 Å². The highest BCUT2D eigenvalue weighted by Crippen LogP contribution is 2.48. The zero-order valence-corrected chi connectivity index (χ0v) is 31.6. The standard InChI is InChI=1S/C54H33NOS/c1-4-13-34(14-5-1)37-24-29-47-45(31-37)46-32-38(35-15-6-2-7-16-35)25-30-48(46)55(47)49-21-12-20-44-52-40(27-28-41(54(52)57-53(44)49)36-17-8-3-9-18-36)39-23-26-43-42-19-10-11-22-50(42)56-51(43)33-39/h1-33H. The molecule has 3 heteroatoms. The topological polar surface area (TPSA) is 18.1 Å². The quantitative estimate of drug-likeness (QED) is 0.172.